The van der Waals surface area contributed by atoms with E-state index in [1.54, 1.807) is 5.51 Å². The van der Waals surface area contributed by atoms with Gasteiger partial charge in [0, 0.05) is 16.6 Å². The van der Waals surface area contributed by atoms with Crippen LogP contribution in [0, 0.1) is 0 Å². The van der Waals surface area contributed by atoms with Gasteiger partial charge in [-0.2, -0.15) is 0 Å². The van der Waals surface area contributed by atoms with E-state index in [1.165, 1.54) is 11.3 Å². The van der Waals surface area contributed by atoms with E-state index in [1.807, 2.05) is 63.2 Å². The molecule has 0 radical (unpaired) electrons. The predicted molar refractivity (Wildman–Crippen MR) is 121 cm³/mol. The number of carbonyl (C=O) groups is 1. The molecule has 0 unspecified atom stereocenters. The van der Waals surface area contributed by atoms with Crippen LogP contribution in [0.5, 0.6) is 0 Å². The van der Waals surface area contributed by atoms with Gasteiger partial charge in [-0.1, -0.05) is 24.3 Å². The van der Waals surface area contributed by atoms with Crippen LogP contribution in [0.1, 0.15) is 18.9 Å². The molecule has 0 spiro atoms. The first-order valence-corrected chi connectivity index (χ1v) is 11.2. The summed E-state index contributed by atoms with van der Waals surface area (Å²) in [6.07, 6.45) is 2.18. The highest BCUT2D eigenvalue weighted by atomic mass is 32.1. The first kappa shape index (κ1) is 18.8. The molecule has 1 aliphatic carbocycles. The Bertz CT molecular complexity index is 1420. The van der Waals surface area contributed by atoms with Crippen molar-refractivity contribution in [3.8, 4) is 22.9 Å². The number of nitrogens with zero attached hydrogens (tertiary/aromatic N) is 7. The van der Waals surface area contributed by atoms with Gasteiger partial charge in [0.05, 0.1) is 22.6 Å². The number of thiazole rings is 1. The van der Waals surface area contributed by atoms with Crippen LogP contribution in [-0.4, -0.2) is 40.6 Å². The minimum absolute atomic E-state index is 0.122. The molecule has 158 valence electrons. The van der Waals surface area contributed by atoms with Crippen molar-refractivity contribution >= 4 is 34.0 Å². The molecule has 9 nitrogen and oxygen atoms in total. The molecule has 1 saturated carbocycles. The molecule has 1 N–H and O–H groups in total. The second kappa shape index (κ2) is 7.65. The van der Waals surface area contributed by atoms with Gasteiger partial charge in [-0.15, -0.1) is 16.4 Å². The van der Waals surface area contributed by atoms with Gasteiger partial charge in [0.2, 0.25) is 5.91 Å². The van der Waals surface area contributed by atoms with Gasteiger partial charge in [0.15, 0.2) is 11.6 Å². The molecule has 3 heterocycles. The largest absolute Gasteiger partial charge is 0.325 e. The zero-order chi connectivity index (χ0) is 21.5. The van der Waals surface area contributed by atoms with Crippen molar-refractivity contribution in [2.45, 2.75) is 25.4 Å². The van der Waals surface area contributed by atoms with Crippen LogP contribution in [-0.2, 0) is 11.3 Å². The standard InChI is InChI=1S/C22H18N8OS/c31-20(11-29-19-7-2-1-6-17(19)25-22(29)18-12-32-13-23-18)24-15-5-3-4-14(10-15)21-26-27-28-30(21)16-8-9-16/h1-7,10,12-13,16H,8-9,11H2,(H,24,31). The van der Waals surface area contributed by atoms with Crippen LogP contribution in [0.3, 0.4) is 0 Å². The fourth-order valence-corrected chi connectivity index (χ4v) is 4.31. The van der Waals surface area contributed by atoms with Crippen LogP contribution in [0.4, 0.5) is 5.69 Å². The number of carbonyl (C=O) groups excluding carboxylic acids is 1. The molecule has 5 aromatic rings. The number of hydrogen-bond donors (Lipinski definition) is 1. The average Bonchev–Trinajstić information content (AvgIpc) is 3.19. The Morgan fingerprint density at radius 2 is 2.03 bits per heavy atom. The van der Waals surface area contributed by atoms with Gasteiger partial charge in [0.25, 0.3) is 0 Å². The molecule has 6 rings (SSSR count). The summed E-state index contributed by atoms with van der Waals surface area (Å²) in [6.45, 7) is 0.122. The van der Waals surface area contributed by atoms with Crippen LogP contribution < -0.4 is 5.32 Å². The fraction of sp³-hybridized carbons (Fsp3) is 0.182. The van der Waals surface area contributed by atoms with Crippen LogP contribution in [0.2, 0.25) is 0 Å². The van der Waals surface area contributed by atoms with Gasteiger partial charge in [-0.3, -0.25) is 4.79 Å². The number of imidazole rings is 1. The van der Waals surface area contributed by atoms with Crippen LogP contribution >= 0.6 is 11.3 Å². The zero-order valence-electron chi connectivity index (χ0n) is 16.9. The minimum Gasteiger partial charge on any atom is -0.325 e. The quantitative estimate of drug-likeness (QED) is 0.429. The molecule has 1 aliphatic rings. The second-order valence-corrected chi connectivity index (χ2v) is 8.41. The highest BCUT2D eigenvalue weighted by molar-refractivity contribution is 7.07. The second-order valence-electron chi connectivity index (χ2n) is 7.69. The van der Waals surface area contributed by atoms with Crippen molar-refractivity contribution in [3.05, 3.63) is 59.4 Å². The van der Waals surface area contributed by atoms with E-state index in [0.717, 1.165) is 41.0 Å². The van der Waals surface area contributed by atoms with Gasteiger partial charge in [0.1, 0.15) is 12.2 Å². The lowest BCUT2D eigenvalue weighted by atomic mass is 10.2. The number of aromatic nitrogens is 7. The maximum Gasteiger partial charge on any atom is 0.244 e. The molecule has 10 heteroatoms. The van der Waals surface area contributed by atoms with Gasteiger partial charge >= 0.3 is 0 Å². The number of amides is 1. The van der Waals surface area contributed by atoms with Gasteiger partial charge in [-0.05, 0) is 47.5 Å². The Labute approximate surface area is 186 Å². The molecular weight excluding hydrogens is 424 g/mol. The number of anilines is 1. The molecule has 32 heavy (non-hydrogen) atoms. The summed E-state index contributed by atoms with van der Waals surface area (Å²) in [5, 5.41) is 17.0. The summed E-state index contributed by atoms with van der Waals surface area (Å²) in [5.74, 6) is 1.25. The van der Waals surface area contributed by atoms with Crippen molar-refractivity contribution in [2.24, 2.45) is 0 Å². The molecule has 3 aromatic heterocycles. The lowest BCUT2D eigenvalue weighted by Gasteiger charge is -2.10. The highest BCUT2D eigenvalue weighted by Gasteiger charge is 2.28. The lowest BCUT2D eigenvalue weighted by molar-refractivity contribution is -0.116. The summed E-state index contributed by atoms with van der Waals surface area (Å²) >= 11 is 1.50. The number of fused-ring (bicyclic) bond motifs is 1. The topological polar surface area (TPSA) is 103 Å². The number of rotatable bonds is 6. The van der Waals surface area contributed by atoms with Crippen molar-refractivity contribution in [3.63, 3.8) is 0 Å². The number of nitrogens with one attached hydrogen (secondary N) is 1. The highest BCUT2D eigenvalue weighted by Crippen LogP contribution is 2.36. The molecule has 1 fully saturated rings. The van der Waals surface area contributed by atoms with Crippen molar-refractivity contribution < 1.29 is 4.79 Å². The van der Waals surface area contributed by atoms with E-state index in [2.05, 4.69) is 25.8 Å². The first-order valence-electron chi connectivity index (χ1n) is 10.3. The molecular formula is C22H18N8OS. The Hall–Kier alpha value is -3.92. The number of hydrogen-bond acceptors (Lipinski definition) is 7. The summed E-state index contributed by atoms with van der Waals surface area (Å²) in [7, 11) is 0. The van der Waals surface area contributed by atoms with Crippen molar-refractivity contribution in [1.29, 1.82) is 0 Å². The van der Waals surface area contributed by atoms with E-state index < -0.39 is 0 Å². The van der Waals surface area contributed by atoms with Gasteiger partial charge < -0.3 is 9.88 Å². The molecule has 0 aliphatic heterocycles. The van der Waals surface area contributed by atoms with Crippen molar-refractivity contribution in [2.75, 3.05) is 5.32 Å². The normalized spacial score (nSPS) is 13.5. The summed E-state index contributed by atoms with van der Waals surface area (Å²) in [5.41, 5.74) is 5.81. The molecule has 2 aromatic carbocycles. The Morgan fingerprint density at radius 1 is 1.12 bits per heavy atom. The molecule has 0 bridgehead atoms. The van der Waals surface area contributed by atoms with Crippen LogP contribution in [0.15, 0.2) is 59.4 Å². The Morgan fingerprint density at radius 3 is 2.88 bits per heavy atom. The monoisotopic (exact) mass is 442 g/mol. The molecule has 0 atom stereocenters. The number of benzene rings is 2. The third-order valence-electron chi connectivity index (χ3n) is 5.41. The van der Waals surface area contributed by atoms with E-state index in [4.69, 9.17) is 4.98 Å². The average molecular weight is 443 g/mol. The Balaban J connectivity index is 1.28. The van der Waals surface area contributed by atoms with Crippen molar-refractivity contribution in [1.82, 2.24) is 34.7 Å². The van der Waals surface area contributed by atoms with E-state index in [0.29, 0.717) is 17.6 Å². The Kier molecular flexibility index (Phi) is 4.50. The predicted octanol–water partition coefficient (Wildman–Crippen LogP) is 3.79. The zero-order valence-corrected chi connectivity index (χ0v) is 17.7. The first-order chi connectivity index (χ1) is 15.8. The molecule has 1 amide bonds. The molecule has 0 saturated heterocycles. The maximum atomic E-state index is 13.0. The van der Waals surface area contributed by atoms with E-state index >= 15 is 0 Å². The van der Waals surface area contributed by atoms with Gasteiger partial charge in [-0.25, -0.2) is 14.6 Å². The summed E-state index contributed by atoms with van der Waals surface area (Å²) in [4.78, 5) is 22.1. The van der Waals surface area contributed by atoms with Crippen LogP contribution in [0.25, 0.3) is 33.9 Å². The number of para-hydroxylation sites is 2. The van der Waals surface area contributed by atoms with E-state index in [-0.39, 0.29) is 12.5 Å². The van der Waals surface area contributed by atoms with E-state index in [9.17, 15) is 4.79 Å². The minimum atomic E-state index is -0.149. The lowest BCUT2D eigenvalue weighted by Crippen LogP contribution is -2.19. The SMILES string of the molecule is O=C(Cn1c(-c2cscn2)nc2ccccc21)Nc1cccc(-c2nnnn2C2CC2)c1. The third-order valence-corrected chi connectivity index (χ3v) is 5.99. The third kappa shape index (κ3) is 3.44. The smallest absolute Gasteiger partial charge is 0.244 e. The number of tetrazole rings is 1. The fourth-order valence-electron chi connectivity index (χ4n) is 3.78. The summed E-state index contributed by atoms with van der Waals surface area (Å²) < 4.78 is 3.76. The maximum absolute atomic E-state index is 13.0. The summed E-state index contributed by atoms with van der Waals surface area (Å²) in [6, 6.07) is 15.8.